The summed E-state index contributed by atoms with van der Waals surface area (Å²) in [6.45, 7) is 20.9. The fourth-order valence-electron chi connectivity index (χ4n) is 10.2. The fourth-order valence-corrected chi connectivity index (χ4v) is 10.2. The maximum atomic E-state index is 2.36. The minimum absolute atomic E-state index is 0.272. The van der Waals surface area contributed by atoms with Gasteiger partial charge in [-0.1, -0.05) is 208 Å². The van der Waals surface area contributed by atoms with Gasteiger partial charge in [0.05, 0.1) is 0 Å². The van der Waals surface area contributed by atoms with Crippen molar-refractivity contribution >= 4 is 53.5 Å². The van der Waals surface area contributed by atoms with Gasteiger partial charge in [0.2, 0.25) is 0 Å². The van der Waals surface area contributed by atoms with Gasteiger partial charge < -0.3 is 4.90 Å². The van der Waals surface area contributed by atoms with Crippen molar-refractivity contribution in [1.29, 1.82) is 0 Å². The van der Waals surface area contributed by atoms with Crippen LogP contribution in [0, 0.1) is 0 Å². The van der Waals surface area contributed by atoms with E-state index in [0.29, 0.717) is 0 Å². The molecule has 0 N–H and O–H groups in total. The van der Waals surface area contributed by atoms with Crippen LogP contribution >= 0.6 is 0 Å². The van der Waals surface area contributed by atoms with E-state index in [1.165, 1.54) is 108 Å². The number of rotatable bonds is 21. The highest BCUT2D eigenvalue weighted by molar-refractivity contribution is 5.80. The van der Waals surface area contributed by atoms with Crippen molar-refractivity contribution in [2.45, 2.75) is 136 Å². The number of hydrogen-bond acceptors (Lipinski definition) is 1. The van der Waals surface area contributed by atoms with E-state index in [4.69, 9.17) is 0 Å². The molecule has 0 atom stereocenters. The average Bonchev–Trinajstić information content (AvgIpc) is 3.36. The molecule has 0 spiro atoms. The molecule has 0 saturated heterocycles. The molecule has 0 unspecified atom stereocenters. The highest BCUT2D eigenvalue weighted by Crippen LogP contribution is 2.39. The first-order valence-electron chi connectivity index (χ1n) is 24.6. The second-order valence-corrected chi connectivity index (χ2v) is 18.0. The quantitative estimate of drug-likeness (QED) is 0.0653. The Hall–Kier alpha value is -5.66. The summed E-state index contributed by atoms with van der Waals surface area (Å²) in [6, 6.07) is 54.4. The third-order valence-electron chi connectivity index (χ3n) is 15.5. The molecule has 0 amide bonds. The predicted octanol–water partition coefficient (Wildman–Crippen LogP) is 19.1. The van der Waals surface area contributed by atoms with Crippen LogP contribution in [0.15, 0.2) is 146 Å². The van der Waals surface area contributed by atoms with Crippen LogP contribution in [0.25, 0.3) is 36.5 Å². The Balaban J connectivity index is 1.24. The molecule has 1 nitrogen and oxygen atoms in total. The number of benzene rings is 6. The summed E-state index contributed by atoms with van der Waals surface area (Å²) >= 11 is 0. The van der Waals surface area contributed by atoms with Crippen LogP contribution in [0.4, 0.5) is 17.1 Å². The SMILES string of the molecule is CCC(CC)(CC)c1ccc(/C=C/c2ccc(N(c3ccc(/C=C/c4ccc(C(CC)(CC)CC)cc4)cc3)c3ccc(/C=C/c4ccc(C(CC)(CC)CC)cc4)cc3)cc2)cc1. The zero-order valence-electron chi connectivity index (χ0n) is 40.6. The molecule has 6 aromatic rings. The molecule has 0 heterocycles. The molecule has 0 aliphatic heterocycles. The fraction of sp³-hybridized carbons (Fsp3) is 0.333. The minimum Gasteiger partial charge on any atom is -0.311 e. The normalized spacial score (nSPS) is 12.5. The molecule has 6 rings (SSSR count). The Morgan fingerprint density at radius 1 is 0.250 bits per heavy atom. The Morgan fingerprint density at radius 3 is 0.562 bits per heavy atom. The molecule has 64 heavy (non-hydrogen) atoms. The van der Waals surface area contributed by atoms with E-state index >= 15 is 0 Å². The molecule has 6 aromatic carbocycles. The van der Waals surface area contributed by atoms with Crippen molar-refractivity contribution < 1.29 is 0 Å². The molecule has 332 valence electrons. The van der Waals surface area contributed by atoms with Gasteiger partial charge in [0.1, 0.15) is 0 Å². The van der Waals surface area contributed by atoms with Gasteiger partial charge in [-0.05, 0) is 161 Å². The predicted molar refractivity (Wildman–Crippen MR) is 285 cm³/mol. The van der Waals surface area contributed by atoms with Crippen LogP contribution < -0.4 is 4.90 Å². The third kappa shape index (κ3) is 10.8. The van der Waals surface area contributed by atoms with Crippen LogP contribution in [0.2, 0.25) is 0 Å². The standard InChI is InChI=1S/C63H75N/c1-10-61(11-2,12-3)55-37-25-49(26-38-55)19-22-52-31-43-58(44-32-52)64(59-45-33-53(34-46-59)23-20-50-27-39-56(40-28-50)62(13-4,14-5)15-6)60-47-35-54(36-48-60)24-21-51-29-41-57(42-30-51)63(16-7,17-8)18-9/h19-48H,10-18H2,1-9H3/b22-19+,23-20+,24-21+. The molecule has 0 aliphatic carbocycles. The smallest absolute Gasteiger partial charge is 0.0462 e. The lowest BCUT2D eigenvalue weighted by Gasteiger charge is -2.31. The molecule has 0 aliphatic rings. The first kappa shape index (κ1) is 47.8. The van der Waals surface area contributed by atoms with Gasteiger partial charge in [-0.25, -0.2) is 0 Å². The Bertz CT molecular complexity index is 2090. The lowest BCUT2D eigenvalue weighted by atomic mass is 9.74. The van der Waals surface area contributed by atoms with Crippen LogP contribution in [0.5, 0.6) is 0 Å². The van der Waals surface area contributed by atoms with Gasteiger partial charge in [0.25, 0.3) is 0 Å². The Morgan fingerprint density at radius 2 is 0.406 bits per heavy atom. The van der Waals surface area contributed by atoms with E-state index in [-0.39, 0.29) is 16.2 Å². The molecule has 0 aromatic heterocycles. The van der Waals surface area contributed by atoms with Crippen molar-refractivity contribution in [3.8, 4) is 0 Å². The van der Waals surface area contributed by atoms with Crippen LogP contribution in [-0.4, -0.2) is 0 Å². The minimum atomic E-state index is 0.272. The number of hydrogen-bond donors (Lipinski definition) is 0. The zero-order chi connectivity index (χ0) is 45.6. The van der Waals surface area contributed by atoms with Crippen molar-refractivity contribution in [3.05, 3.63) is 196 Å². The van der Waals surface area contributed by atoms with E-state index in [0.717, 1.165) is 17.1 Å². The molecular weight excluding hydrogens is 771 g/mol. The van der Waals surface area contributed by atoms with Gasteiger partial charge >= 0.3 is 0 Å². The molecule has 1 heteroatoms. The van der Waals surface area contributed by atoms with Crippen LogP contribution in [-0.2, 0) is 16.2 Å². The average molecular weight is 846 g/mol. The summed E-state index contributed by atoms with van der Waals surface area (Å²) in [5, 5.41) is 0. The van der Waals surface area contributed by atoms with Gasteiger partial charge in [0.15, 0.2) is 0 Å². The highest BCUT2D eigenvalue weighted by atomic mass is 15.1. The van der Waals surface area contributed by atoms with E-state index in [2.05, 4.69) is 249 Å². The topological polar surface area (TPSA) is 3.24 Å². The van der Waals surface area contributed by atoms with Gasteiger partial charge in [0, 0.05) is 17.1 Å². The maximum Gasteiger partial charge on any atom is 0.0462 e. The molecule has 0 saturated carbocycles. The molecular formula is C63H75N. The van der Waals surface area contributed by atoms with Crippen molar-refractivity contribution in [2.24, 2.45) is 0 Å². The molecule has 0 bridgehead atoms. The van der Waals surface area contributed by atoms with Gasteiger partial charge in [-0.2, -0.15) is 0 Å². The van der Waals surface area contributed by atoms with Crippen LogP contribution in [0.1, 0.15) is 170 Å². The summed E-state index contributed by atoms with van der Waals surface area (Å²) in [6.07, 6.45) is 23.9. The maximum absolute atomic E-state index is 2.36. The first-order chi connectivity index (χ1) is 31.2. The van der Waals surface area contributed by atoms with Crippen molar-refractivity contribution in [2.75, 3.05) is 4.90 Å². The molecule has 0 fully saturated rings. The lowest BCUT2D eigenvalue weighted by Crippen LogP contribution is -2.23. The lowest BCUT2D eigenvalue weighted by molar-refractivity contribution is 0.381. The zero-order valence-corrected chi connectivity index (χ0v) is 40.6. The van der Waals surface area contributed by atoms with Crippen molar-refractivity contribution in [3.63, 3.8) is 0 Å². The monoisotopic (exact) mass is 846 g/mol. The second-order valence-electron chi connectivity index (χ2n) is 18.0. The third-order valence-corrected chi connectivity index (χ3v) is 15.5. The summed E-state index contributed by atoms with van der Waals surface area (Å²) in [5.74, 6) is 0. The number of nitrogens with zero attached hydrogens (tertiary/aromatic N) is 1. The first-order valence-corrected chi connectivity index (χ1v) is 24.6. The Kier molecular flexibility index (Phi) is 16.7. The van der Waals surface area contributed by atoms with Crippen LogP contribution in [0.3, 0.4) is 0 Å². The summed E-state index contributed by atoms with van der Waals surface area (Å²) < 4.78 is 0. The Labute approximate surface area is 388 Å². The largest absolute Gasteiger partial charge is 0.311 e. The summed E-state index contributed by atoms with van der Waals surface area (Å²) in [7, 11) is 0. The highest BCUT2D eigenvalue weighted by Gasteiger charge is 2.27. The van der Waals surface area contributed by atoms with E-state index < -0.39 is 0 Å². The summed E-state index contributed by atoms with van der Waals surface area (Å²) in [5.41, 5.74) is 15.7. The second kappa shape index (κ2) is 22.3. The van der Waals surface area contributed by atoms with Crippen molar-refractivity contribution in [1.82, 2.24) is 0 Å². The van der Waals surface area contributed by atoms with E-state index in [1.807, 2.05) is 0 Å². The van der Waals surface area contributed by atoms with E-state index in [9.17, 15) is 0 Å². The summed E-state index contributed by atoms with van der Waals surface area (Å²) in [4.78, 5) is 2.36. The van der Waals surface area contributed by atoms with E-state index in [1.54, 1.807) is 0 Å². The van der Waals surface area contributed by atoms with Gasteiger partial charge in [-0.15, -0.1) is 0 Å². The molecule has 0 radical (unpaired) electrons. The number of anilines is 3. The van der Waals surface area contributed by atoms with Gasteiger partial charge in [-0.3, -0.25) is 0 Å².